The number of para-hydroxylation sites is 1. The molecule has 0 aliphatic heterocycles. The fraction of sp³-hybridized carbons (Fsp3) is 0.348. The second-order valence-electron chi connectivity index (χ2n) is 6.82. The molecule has 0 saturated carbocycles. The number of hydrogen-bond donors (Lipinski definition) is 0. The van der Waals surface area contributed by atoms with E-state index in [4.69, 9.17) is 9.47 Å². The van der Waals surface area contributed by atoms with Crippen molar-refractivity contribution in [2.24, 2.45) is 0 Å². The summed E-state index contributed by atoms with van der Waals surface area (Å²) in [6.45, 7) is 4.72. The zero-order valence-electron chi connectivity index (χ0n) is 18.2. The summed E-state index contributed by atoms with van der Waals surface area (Å²) in [7, 11) is 0. The van der Waals surface area contributed by atoms with Gasteiger partial charge in [0, 0.05) is 19.4 Å². The number of rotatable bonds is 10. The summed E-state index contributed by atoms with van der Waals surface area (Å²) in [5, 5.41) is 11.7. The van der Waals surface area contributed by atoms with Crippen molar-refractivity contribution in [2.75, 3.05) is 13.2 Å². The van der Waals surface area contributed by atoms with E-state index < -0.39 is 12.1 Å². The Bertz CT molecular complexity index is 1070. The van der Waals surface area contributed by atoms with Crippen LogP contribution in [0.5, 0.6) is 5.75 Å². The average Bonchev–Trinajstić information content (AvgIpc) is 2.75. The van der Waals surface area contributed by atoms with Gasteiger partial charge in [0.05, 0.1) is 23.4 Å². The van der Waals surface area contributed by atoms with Crippen molar-refractivity contribution in [1.29, 1.82) is 0 Å². The van der Waals surface area contributed by atoms with Crippen LogP contribution in [0.25, 0.3) is 10.9 Å². The smallest absolute Gasteiger partial charge is 0.547 e. The van der Waals surface area contributed by atoms with Crippen LogP contribution < -0.4 is 34.3 Å². The molecule has 0 saturated heterocycles. The quantitative estimate of drug-likeness (QED) is 0.383. The van der Waals surface area contributed by atoms with Crippen LogP contribution in [-0.4, -0.2) is 34.8 Å². The van der Waals surface area contributed by atoms with E-state index >= 15 is 0 Å². The number of carboxylic acids is 1. The van der Waals surface area contributed by atoms with Crippen LogP contribution in [0.1, 0.15) is 25.2 Å². The van der Waals surface area contributed by atoms with Crippen molar-refractivity contribution in [1.82, 2.24) is 9.55 Å². The van der Waals surface area contributed by atoms with Gasteiger partial charge in [0.15, 0.2) is 0 Å². The summed E-state index contributed by atoms with van der Waals surface area (Å²) in [6, 6.07) is 14.5. The minimum Gasteiger partial charge on any atom is -0.547 e. The zero-order valence-corrected chi connectivity index (χ0v) is 18.2. The number of carbonyl (C=O) groups is 1. The van der Waals surface area contributed by atoms with E-state index in [-0.39, 0.29) is 30.8 Å². The Morgan fingerprint density at radius 2 is 1.84 bits per heavy atom. The molecule has 3 aromatic rings. The molecule has 0 aliphatic rings. The second-order valence-corrected chi connectivity index (χ2v) is 6.82. The number of ether oxygens (including phenoxy) is 2. The fourth-order valence-electron chi connectivity index (χ4n) is 3.32. The van der Waals surface area contributed by atoms with Gasteiger partial charge < -0.3 is 19.4 Å². The summed E-state index contributed by atoms with van der Waals surface area (Å²) in [6.07, 6.45) is -0.0932. The molecule has 3 rings (SSSR count). The molecule has 0 bridgehead atoms. The Morgan fingerprint density at radius 1 is 1.13 bits per heavy atom. The zero-order chi connectivity index (χ0) is 21.5. The number of fused-ring (bicyclic) bond motifs is 1. The van der Waals surface area contributed by atoms with E-state index in [9.17, 15) is 14.7 Å². The molecule has 158 valence electrons. The molecule has 0 aliphatic carbocycles. The second kappa shape index (κ2) is 11.7. The maximum atomic E-state index is 12.8. The van der Waals surface area contributed by atoms with Gasteiger partial charge in [-0.25, -0.2) is 4.98 Å². The number of hydrogen-bond acceptors (Lipinski definition) is 6. The van der Waals surface area contributed by atoms with Crippen LogP contribution in [0.15, 0.2) is 53.3 Å². The normalized spacial score (nSPS) is 11.7. The summed E-state index contributed by atoms with van der Waals surface area (Å²) in [5.41, 5.74) is 1.45. The topological polar surface area (TPSA) is 93.5 Å². The Hall–Kier alpha value is -2.59. The number of aromatic nitrogens is 2. The van der Waals surface area contributed by atoms with Crippen molar-refractivity contribution in [3.05, 3.63) is 70.3 Å². The van der Waals surface area contributed by atoms with E-state index in [1.54, 1.807) is 41.8 Å². The van der Waals surface area contributed by atoms with Crippen molar-refractivity contribution >= 4 is 16.9 Å². The molecule has 7 nitrogen and oxygen atoms in total. The van der Waals surface area contributed by atoms with Crippen molar-refractivity contribution in [3.8, 4) is 5.75 Å². The summed E-state index contributed by atoms with van der Waals surface area (Å²) in [5.74, 6) is 0.139. The van der Waals surface area contributed by atoms with Gasteiger partial charge in [-0.15, -0.1) is 0 Å². The number of benzene rings is 2. The predicted octanol–water partition coefficient (Wildman–Crippen LogP) is -1.26. The van der Waals surface area contributed by atoms with Gasteiger partial charge in [-0.3, -0.25) is 9.36 Å². The van der Waals surface area contributed by atoms with E-state index in [1.807, 2.05) is 25.1 Å². The molecule has 0 N–H and O–H groups in total. The molecule has 0 fully saturated rings. The van der Waals surface area contributed by atoms with Crippen LogP contribution in [0.4, 0.5) is 0 Å². The Kier molecular flexibility index (Phi) is 9.32. The van der Waals surface area contributed by atoms with Crippen LogP contribution in [0, 0.1) is 0 Å². The van der Waals surface area contributed by atoms with Crippen molar-refractivity contribution < 1.29 is 38.2 Å². The first-order chi connectivity index (χ1) is 14.5. The third kappa shape index (κ3) is 6.20. The van der Waals surface area contributed by atoms with Gasteiger partial charge in [-0.05, 0) is 36.8 Å². The van der Waals surface area contributed by atoms with Crippen LogP contribution in [0.2, 0.25) is 0 Å². The molecule has 2 aromatic carbocycles. The van der Waals surface area contributed by atoms with E-state index in [1.165, 1.54) is 0 Å². The fourth-order valence-corrected chi connectivity index (χ4v) is 3.32. The number of aliphatic carboxylic acids is 1. The third-order valence-corrected chi connectivity index (χ3v) is 4.82. The SMILES string of the molecule is CCO[C@@H](Cc1ccc(OCCn2c(CC)nc3ccccc3c2=O)cc1)C(=O)[O-].[Li+]. The minimum absolute atomic E-state index is 0. The number of carboxylic acid groups (broad SMARTS) is 1. The van der Waals surface area contributed by atoms with Gasteiger partial charge >= 0.3 is 18.9 Å². The third-order valence-electron chi connectivity index (χ3n) is 4.82. The average molecular weight is 416 g/mol. The van der Waals surface area contributed by atoms with Gasteiger partial charge in [0.2, 0.25) is 0 Å². The molecular weight excluding hydrogens is 391 g/mol. The molecule has 1 aromatic heterocycles. The van der Waals surface area contributed by atoms with Crippen molar-refractivity contribution in [2.45, 2.75) is 39.3 Å². The molecule has 31 heavy (non-hydrogen) atoms. The standard InChI is InChI=1S/C23H26N2O5.Li/c1-3-21-24-19-8-6-5-7-18(19)22(26)25(21)13-14-30-17-11-9-16(10-12-17)15-20(23(27)28)29-4-2;/h5-12,20H,3-4,13-15H2,1-2H3,(H,27,28);/q;+1/p-1/t20-;/m0./s1. The predicted molar refractivity (Wildman–Crippen MR) is 111 cm³/mol. The van der Waals surface area contributed by atoms with Gasteiger partial charge in [-0.2, -0.15) is 0 Å². The molecule has 0 radical (unpaired) electrons. The monoisotopic (exact) mass is 416 g/mol. The van der Waals surface area contributed by atoms with Gasteiger partial charge in [0.25, 0.3) is 5.56 Å². The molecule has 0 unspecified atom stereocenters. The first-order valence-electron chi connectivity index (χ1n) is 10.1. The maximum absolute atomic E-state index is 12.8. The number of carbonyl (C=O) groups excluding carboxylic acids is 1. The van der Waals surface area contributed by atoms with Gasteiger partial charge in [-0.1, -0.05) is 31.2 Å². The number of nitrogens with zero attached hydrogens (tertiary/aromatic N) is 2. The van der Waals surface area contributed by atoms with Crippen LogP contribution in [-0.2, 0) is 28.9 Å². The number of aryl methyl sites for hydroxylation is 1. The Balaban J connectivity index is 0.00000341. The Morgan fingerprint density at radius 3 is 2.48 bits per heavy atom. The molecule has 0 spiro atoms. The molecule has 8 heteroatoms. The summed E-state index contributed by atoms with van der Waals surface area (Å²) in [4.78, 5) is 28.5. The first-order valence-corrected chi connectivity index (χ1v) is 10.1. The molecule has 0 amide bonds. The Labute approximate surface area is 193 Å². The summed E-state index contributed by atoms with van der Waals surface area (Å²) >= 11 is 0. The largest absolute Gasteiger partial charge is 1.00 e. The van der Waals surface area contributed by atoms with E-state index in [2.05, 4.69) is 4.98 Å². The van der Waals surface area contributed by atoms with Crippen LogP contribution in [0.3, 0.4) is 0 Å². The van der Waals surface area contributed by atoms with Crippen LogP contribution >= 0.6 is 0 Å². The molecule has 1 atom stereocenters. The maximum Gasteiger partial charge on any atom is 1.00 e. The van der Waals surface area contributed by atoms with E-state index in [0.29, 0.717) is 42.8 Å². The molecule has 1 heterocycles. The van der Waals surface area contributed by atoms with Gasteiger partial charge in [0.1, 0.15) is 24.3 Å². The summed E-state index contributed by atoms with van der Waals surface area (Å²) < 4.78 is 12.6. The minimum atomic E-state index is -1.22. The van der Waals surface area contributed by atoms with Crippen molar-refractivity contribution in [3.63, 3.8) is 0 Å². The first kappa shape index (κ1) is 24.7. The molecular formula is C23H25LiN2O5. The van der Waals surface area contributed by atoms with E-state index in [0.717, 1.165) is 11.4 Å².